The van der Waals surface area contributed by atoms with Gasteiger partial charge in [-0.15, -0.1) is 0 Å². The predicted molar refractivity (Wildman–Crippen MR) is 66.7 cm³/mol. The summed E-state index contributed by atoms with van der Waals surface area (Å²) < 4.78 is 10.5. The average molecular weight is 275 g/mol. The molecule has 3 heterocycles. The van der Waals surface area contributed by atoms with Crippen LogP contribution < -0.4 is 0 Å². The fraction of sp³-hybridized carbons (Fsp3) is 0.385. The SMILES string of the molecule is Cc1cccnc1-c1noc(C2CCC(C(=O)O)O2)n1. The molecule has 0 bridgehead atoms. The van der Waals surface area contributed by atoms with Gasteiger partial charge in [0, 0.05) is 6.20 Å². The van der Waals surface area contributed by atoms with Gasteiger partial charge in [-0.3, -0.25) is 4.98 Å². The lowest BCUT2D eigenvalue weighted by Gasteiger charge is -2.05. The van der Waals surface area contributed by atoms with Crippen molar-refractivity contribution < 1.29 is 19.2 Å². The first-order valence-corrected chi connectivity index (χ1v) is 6.29. The number of rotatable bonds is 3. The lowest BCUT2D eigenvalue weighted by Crippen LogP contribution is -2.18. The Hall–Kier alpha value is -2.28. The lowest BCUT2D eigenvalue weighted by atomic mass is 10.2. The molecule has 1 N–H and O–H groups in total. The Bertz CT molecular complexity index is 640. The smallest absolute Gasteiger partial charge is 0.332 e. The molecule has 1 saturated heterocycles. The van der Waals surface area contributed by atoms with E-state index in [1.165, 1.54) is 0 Å². The first-order chi connectivity index (χ1) is 9.65. The van der Waals surface area contributed by atoms with Crippen LogP contribution in [-0.4, -0.2) is 32.3 Å². The molecule has 7 nitrogen and oxygen atoms in total. The van der Waals surface area contributed by atoms with Crippen molar-refractivity contribution in [1.82, 2.24) is 15.1 Å². The first-order valence-electron chi connectivity index (χ1n) is 6.29. The van der Waals surface area contributed by atoms with Gasteiger partial charge >= 0.3 is 5.97 Å². The van der Waals surface area contributed by atoms with E-state index >= 15 is 0 Å². The second kappa shape index (κ2) is 5.01. The number of aromatic nitrogens is 3. The highest BCUT2D eigenvalue weighted by Crippen LogP contribution is 2.32. The van der Waals surface area contributed by atoms with Crippen molar-refractivity contribution in [2.24, 2.45) is 0 Å². The number of carboxylic acid groups (broad SMARTS) is 1. The Morgan fingerprint density at radius 1 is 1.45 bits per heavy atom. The van der Waals surface area contributed by atoms with Crippen LogP contribution in [0, 0.1) is 6.92 Å². The summed E-state index contributed by atoms with van der Waals surface area (Å²) in [6, 6.07) is 3.74. The lowest BCUT2D eigenvalue weighted by molar-refractivity contribution is -0.150. The molecule has 0 aromatic carbocycles. The van der Waals surface area contributed by atoms with Gasteiger partial charge in [0.1, 0.15) is 11.8 Å². The van der Waals surface area contributed by atoms with Crippen molar-refractivity contribution in [2.75, 3.05) is 0 Å². The van der Waals surface area contributed by atoms with Crippen LogP contribution >= 0.6 is 0 Å². The largest absolute Gasteiger partial charge is 0.479 e. The van der Waals surface area contributed by atoms with Crippen molar-refractivity contribution in [3.63, 3.8) is 0 Å². The van der Waals surface area contributed by atoms with E-state index in [1.807, 2.05) is 19.1 Å². The van der Waals surface area contributed by atoms with Gasteiger partial charge < -0.3 is 14.4 Å². The van der Waals surface area contributed by atoms with E-state index in [2.05, 4.69) is 15.1 Å². The minimum Gasteiger partial charge on any atom is -0.479 e. The van der Waals surface area contributed by atoms with Gasteiger partial charge in [0.25, 0.3) is 5.89 Å². The van der Waals surface area contributed by atoms with Crippen LogP contribution in [0.1, 0.15) is 30.4 Å². The van der Waals surface area contributed by atoms with E-state index in [0.717, 1.165) is 5.56 Å². The minimum absolute atomic E-state index is 0.300. The summed E-state index contributed by atoms with van der Waals surface area (Å²) in [5.74, 6) is -0.276. The van der Waals surface area contributed by atoms with Gasteiger partial charge in [-0.1, -0.05) is 11.2 Å². The molecule has 2 atom stereocenters. The normalized spacial score (nSPS) is 22.1. The van der Waals surface area contributed by atoms with Gasteiger partial charge in [-0.25, -0.2) is 4.79 Å². The maximum absolute atomic E-state index is 10.8. The van der Waals surface area contributed by atoms with Crippen LogP contribution in [0.5, 0.6) is 0 Å². The molecule has 3 rings (SSSR count). The second-order valence-electron chi connectivity index (χ2n) is 4.65. The summed E-state index contributed by atoms with van der Waals surface area (Å²) in [4.78, 5) is 19.3. The molecule has 1 fully saturated rings. The third-order valence-electron chi connectivity index (χ3n) is 3.23. The van der Waals surface area contributed by atoms with Gasteiger partial charge in [0.05, 0.1) is 0 Å². The van der Waals surface area contributed by atoms with Crippen molar-refractivity contribution in [1.29, 1.82) is 0 Å². The molecule has 7 heteroatoms. The van der Waals surface area contributed by atoms with Crippen LogP contribution in [0.25, 0.3) is 11.5 Å². The molecule has 0 radical (unpaired) electrons. The number of pyridine rings is 1. The number of aryl methyl sites for hydroxylation is 1. The van der Waals surface area contributed by atoms with Crippen molar-refractivity contribution in [2.45, 2.75) is 32.0 Å². The van der Waals surface area contributed by atoms with Gasteiger partial charge in [0.15, 0.2) is 6.10 Å². The average Bonchev–Trinajstić information content (AvgIpc) is 3.08. The van der Waals surface area contributed by atoms with Crippen molar-refractivity contribution in [3.05, 3.63) is 29.8 Å². The number of carbonyl (C=O) groups is 1. The Labute approximate surface area is 114 Å². The van der Waals surface area contributed by atoms with Crippen LogP contribution in [0.15, 0.2) is 22.9 Å². The van der Waals surface area contributed by atoms with E-state index in [4.69, 9.17) is 14.4 Å². The molecule has 20 heavy (non-hydrogen) atoms. The fourth-order valence-electron chi connectivity index (χ4n) is 2.18. The minimum atomic E-state index is -0.965. The molecule has 1 aliphatic heterocycles. The van der Waals surface area contributed by atoms with Crippen LogP contribution in [0.4, 0.5) is 0 Å². The molecule has 1 aliphatic rings. The summed E-state index contributed by atoms with van der Waals surface area (Å²) >= 11 is 0. The number of nitrogens with zero attached hydrogens (tertiary/aromatic N) is 3. The monoisotopic (exact) mass is 275 g/mol. The quantitative estimate of drug-likeness (QED) is 0.910. The Morgan fingerprint density at radius 3 is 3.00 bits per heavy atom. The van der Waals surface area contributed by atoms with Crippen LogP contribution in [0.2, 0.25) is 0 Å². The highest BCUT2D eigenvalue weighted by molar-refractivity contribution is 5.72. The molecule has 0 amide bonds. The second-order valence-corrected chi connectivity index (χ2v) is 4.65. The summed E-state index contributed by atoms with van der Waals surface area (Å²) in [6.45, 7) is 1.91. The molecule has 2 aromatic heterocycles. The summed E-state index contributed by atoms with van der Waals surface area (Å²) in [5.41, 5.74) is 1.59. The van der Waals surface area contributed by atoms with E-state index in [-0.39, 0.29) is 0 Å². The van der Waals surface area contributed by atoms with Crippen molar-refractivity contribution in [3.8, 4) is 11.5 Å². The van der Waals surface area contributed by atoms with E-state index < -0.39 is 18.2 Å². The maximum atomic E-state index is 10.8. The summed E-state index contributed by atoms with van der Waals surface area (Å²) in [7, 11) is 0. The number of hydrogen-bond acceptors (Lipinski definition) is 6. The third-order valence-corrected chi connectivity index (χ3v) is 3.23. The highest BCUT2D eigenvalue weighted by Gasteiger charge is 2.34. The van der Waals surface area contributed by atoms with E-state index in [9.17, 15) is 4.79 Å². The zero-order valence-electron chi connectivity index (χ0n) is 10.8. The fourth-order valence-corrected chi connectivity index (χ4v) is 2.18. The standard InChI is InChI=1S/C13H13N3O4/c1-7-3-2-6-14-10(7)11-15-12(20-16-11)8-4-5-9(19-8)13(17)18/h2-3,6,8-9H,4-5H2,1H3,(H,17,18). The topological polar surface area (TPSA) is 98.3 Å². The summed E-state index contributed by atoms with van der Waals surface area (Å²) in [5, 5.41) is 12.8. The number of hydrogen-bond donors (Lipinski definition) is 1. The van der Waals surface area contributed by atoms with E-state index in [1.54, 1.807) is 6.20 Å². The molecule has 0 aliphatic carbocycles. The number of carboxylic acids is 1. The summed E-state index contributed by atoms with van der Waals surface area (Å²) in [6.07, 6.45) is 1.40. The highest BCUT2D eigenvalue weighted by atomic mass is 16.5. The Morgan fingerprint density at radius 2 is 2.30 bits per heavy atom. The molecule has 2 unspecified atom stereocenters. The van der Waals surface area contributed by atoms with Crippen LogP contribution in [-0.2, 0) is 9.53 Å². The Balaban J connectivity index is 1.81. The zero-order valence-corrected chi connectivity index (χ0v) is 10.8. The number of ether oxygens (including phenoxy) is 1. The molecule has 104 valence electrons. The van der Waals surface area contributed by atoms with E-state index in [0.29, 0.717) is 30.3 Å². The van der Waals surface area contributed by atoms with Gasteiger partial charge in [-0.05, 0) is 31.4 Å². The molecular weight excluding hydrogens is 262 g/mol. The first kappa shape index (κ1) is 12.7. The molecule has 2 aromatic rings. The molecule has 0 spiro atoms. The van der Waals surface area contributed by atoms with Gasteiger partial charge in [-0.2, -0.15) is 4.98 Å². The third kappa shape index (κ3) is 2.27. The molecular formula is C13H13N3O4. The van der Waals surface area contributed by atoms with Crippen LogP contribution in [0.3, 0.4) is 0 Å². The van der Waals surface area contributed by atoms with Crippen molar-refractivity contribution >= 4 is 5.97 Å². The Kier molecular flexibility index (Phi) is 3.19. The zero-order chi connectivity index (χ0) is 14.1. The number of aliphatic carboxylic acids is 1. The molecule has 0 saturated carbocycles. The van der Waals surface area contributed by atoms with Gasteiger partial charge in [0.2, 0.25) is 5.82 Å². The predicted octanol–water partition coefficient (Wildman–Crippen LogP) is 1.74. The maximum Gasteiger partial charge on any atom is 0.332 e.